The Morgan fingerprint density at radius 2 is 2.48 bits per heavy atom. The lowest BCUT2D eigenvalue weighted by atomic mass is 9.97. The van der Waals surface area contributed by atoms with Crippen LogP contribution in [0, 0.1) is 0 Å². The van der Waals surface area contributed by atoms with Crippen molar-refractivity contribution in [2.45, 2.75) is 12.5 Å². The van der Waals surface area contributed by atoms with Crippen molar-refractivity contribution in [3.63, 3.8) is 0 Å². The molecule has 2 aliphatic heterocycles. The van der Waals surface area contributed by atoms with Crippen LogP contribution < -0.4 is 15.4 Å². The number of carbonyl (C=O) groups is 1. The Balaban J connectivity index is 1.89. The highest BCUT2D eigenvalue weighted by Crippen LogP contribution is 2.35. The number of benzene rings is 1. The Labute approximate surface area is 122 Å². The van der Waals surface area contributed by atoms with E-state index in [1.807, 2.05) is 12.1 Å². The Hall–Kier alpha value is -2.50. The van der Waals surface area contributed by atoms with Gasteiger partial charge in [0.05, 0.1) is 26.1 Å². The number of anilines is 1. The second kappa shape index (κ2) is 5.87. The molecule has 110 valence electrons. The van der Waals surface area contributed by atoms with E-state index in [1.165, 1.54) is 12.7 Å². The second-order valence-corrected chi connectivity index (χ2v) is 4.87. The number of aliphatic imine (C=N–C) groups is 1. The minimum absolute atomic E-state index is 0.156. The molecule has 0 aliphatic carbocycles. The molecule has 0 spiro atoms. The first kappa shape index (κ1) is 13.5. The lowest BCUT2D eigenvalue weighted by Crippen LogP contribution is -2.15. The van der Waals surface area contributed by atoms with Crippen LogP contribution in [0.3, 0.4) is 0 Å². The Morgan fingerprint density at radius 3 is 3.24 bits per heavy atom. The summed E-state index contributed by atoms with van der Waals surface area (Å²) in [5, 5.41) is 5.76. The van der Waals surface area contributed by atoms with Crippen LogP contribution in [-0.2, 0) is 4.74 Å². The minimum atomic E-state index is -0.484. The fourth-order valence-corrected chi connectivity index (χ4v) is 2.44. The first-order chi connectivity index (χ1) is 10.3. The van der Waals surface area contributed by atoms with E-state index in [-0.39, 0.29) is 6.04 Å². The summed E-state index contributed by atoms with van der Waals surface area (Å²) in [5.41, 5.74) is 2.87. The fourth-order valence-electron chi connectivity index (χ4n) is 2.44. The van der Waals surface area contributed by atoms with Crippen LogP contribution in [0.15, 0.2) is 29.3 Å². The van der Waals surface area contributed by atoms with Crippen LogP contribution in [0.5, 0.6) is 5.75 Å². The molecule has 21 heavy (non-hydrogen) atoms. The number of nitrogens with zero attached hydrogens (tertiary/aromatic N) is 1. The van der Waals surface area contributed by atoms with Gasteiger partial charge in [-0.05, 0) is 23.8 Å². The van der Waals surface area contributed by atoms with Gasteiger partial charge < -0.3 is 14.8 Å². The summed E-state index contributed by atoms with van der Waals surface area (Å²) < 4.78 is 10.3. The summed E-state index contributed by atoms with van der Waals surface area (Å²) in [6.07, 6.45) is 4.24. The van der Waals surface area contributed by atoms with Gasteiger partial charge in [-0.1, -0.05) is 6.08 Å². The van der Waals surface area contributed by atoms with Gasteiger partial charge in [0.15, 0.2) is 0 Å². The van der Waals surface area contributed by atoms with E-state index < -0.39 is 6.09 Å². The number of hydrogen-bond donors (Lipinski definition) is 2. The van der Waals surface area contributed by atoms with Gasteiger partial charge in [-0.3, -0.25) is 10.3 Å². The molecular formula is C15H17N3O3. The molecule has 2 heterocycles. The molecule has 1 atom stereocenters. The SMILES string of the molecule is COC(=O)Nc1ccc2c(c1)/C(=C/C1CNC=N1)CCO2. The van der Waals surface area contributed by atoms with Crippen molar-refractivity contribution < 1.29 is 14.3 Å². The van der Waals surface area contributed by atoms with Crippen molar-refractivity contribution in [1.29, 1.82) is 0 Å². The number of nitrogens with one attached hydrogen (secondary N) is 2. The molecule has 0 saturated heterocycles. The summed E-state index contributed by atoms with van der Waals surface area (Å²) in [4.78, 5) is 15.6. The van der Waals surface area contributed by atoms with Crippen LogP contribution >= 0.6 is 0 Å². The first-order valence-corrected chi connectivity index (χ1v) is 6.84. The highest BCUT2D eigenvalue weighted by molar-refractivity contribution is 5.86. The van der Waals surface area contributed by atoms with Crippen molar-refractivity contribution in [2.75, 3.05) is 25.6 Å². The van der Waals surface area contributed by atoms with E-state index in [9.17, 15) is 4.79 Å². The maximum Gasteiger partial charge on any atom is 0.411 e. The largest absolute Gasteiger partial charge is 0.493 e. The molecule has 0 aromatic heterocycles. The Kier molecular flexibility index (Phi) is 3.77. The first-order valence-electron chi connectivity index (χ1n) is 6.84. The lowest BCUT2D eigenvalue weighted by Gasteiger charge is -2.21. The molecule has 1 amide bonds. The topological polar surface area (TPSA) is 72.0 Å². The molecule has 6 heteroatoms. The summed E-state index contributed by atoms with van der Waals surface area (Å²) in [6, 6.07) is 5.73. The second-order valence-electron chi connectivity index (χ2n) is 4.87. The molecule has 0 fully saturated rings. The summed E-state index contributed by atoms with van der Waals surface area (Å²) >= 11 is 0. The third kappa shape index (κ3) is 2.99. The molecule has 6 nitrogen and oxygen atoms in total. The highest BCUT2D eigenvalue weighted by Gasteiger charge is 2.18. The molecule has 0 saturated carbocycles. The van der Waals surface area contributed by atoms with E-state index in [4.69, 9.17) is 4.74 Å². The predicted molar refractivity (Wildman–Crippen MR) is 80.8 cm³/mol. The number of ether oxygens (including phenoxy) is 2. The summed E-state index contributed by atoms with van der Waals surface area (Å²) in [7, 11) is 1.34. The van der Waals surface area contributed by atoms with E-state index in [0.717, 1.165) is 24.3 Å². The lowest BCUT2D eigenvalue weighted by molar-refractivity contribution is 0.187. The molecule has 2 aliphatic rings. The van der Waals surface area contributed by atoms with Crippen molar-refractivity contribution in [3.05, 3.63) is 29.8 Å². The number of fused-ring (bicyclic) bond motifs is 1. The van der Waals surface area contributed by atoms with E-state index >= 15 is 0 Å². The van der Waals surface area contributed by atoms with Crippen LogP contribution in [-0.4, -0.2) is 38.7 Å². The molecule has 0 radical (unpaired) electrons. The third-order valence-electron chi connectivity index (χ3n) is 3.46. The van der Waals surface area contributed by atoms with Gasteiger partial charge in [-0.25, -0.2) is 4.79 Å². The Bertz CT molecular complexity index is 610. The minimum Gasteiger partial charge on any atom is -0.493 e. The normalized spacial score (nSPS) is 21.4. The van der Waals surface area contributed by atoms with Crippen LogP contribution in [0.1, 0.15) is 12.0 Å². The van der Waals surface area contributed by atoms with Crippen LogP contribution in [0.25, 0.3) is 5.57 Å². The fraction of sp³-hybridized carbons (Fsp3) is 0.333. The Morgan fingerprint density at radius 1 is 1.57 bits per heavy atom. The molecule has 1 aromatic carbocycles. The zero-order chi connectivity index (χ0) is 14.7. The van der Waals surface area contributed by atoms with Crippen LogP contribution in [0.2, 0.25) is 0 Å². The van der Waals surface area contributed by atoms with Gasteiger partial charge in [-0.2, -0.15) is 0 Å². The quantitative estimate of drug-likeness (QED) is 0.873. The molecule has 0 bridgehead atoms. The molecule has 1 unspecified atom stereocenters. The van der Waals surface area contributed by atoms with Gasteiger partial charge in [0.25, 0.3) is 0 Å². The van der Waals surface area contributed by atoms with Crippen molar-refractivity contribution >= 4 is 23.7 Å². The van der Waals surface area contributed by atoms with Gasteiger partial charge in [0.1, 0.15) is 5.75 Å². The summed E-state index contributed by atoms with van der Waals surface area (Å²) in [6.45, 7) is 1.48. The van der Waals surface area contributed by atoms with Gasteiger partial charge in [-0.15, -0.1) is 0 Å². The number of methoxy groups -OCH3 is 1. The van der Waals surface area contributed by atoms with Crippen molar-refractivity contribution in [3.8, 4) is 5.75 Å². The zero-order valence-corrected chi connectivity index (χ0v) is 11.8. The van der Waals surface area contributed by atoms with Gasteiger partial charge >= 0.3 is 6.09 Å². The molecule has 1 aromatic rings. The zero-order valence-electron chi connectivity index (χ0n) is 11.8. The van der Waals surface area contributed by atoms with Gasteiger partial charge in [0.2, 0.25) is 0 Å². The number of hydrogen-bond acceptors (Lipinski definition) is 5. The van der Waals surface area contributed by atoms with Gasteiger partial charge in [0, 0.05) is 24.2 Å². The molecule has 2 N–H and O–H groups in total. The van der Waals surface area contributed by atoms with Crippen molar-refractivity contribution in [1.82, 2.24) is 5.32 Å². The average molecular weight is 287 g/mol. The van der Waals surface area contributed by atoms with Crippen molar-refractivity contribution in [2.24, 2.45) is 4.99 Å². The monoisotopic (exact) mass is 287 g/mol. The number of amides is 1. The highest BCUT2D eigenvalue weighted by atomic mass is 16.5. The average Bonchev–Trinajstić information content (AvgIpc) is 3.01. The summed E-state index contributed by atoms with van der Waals surface area (Å²) in [5.74, 6) is 0.831. The third-order valence-corrected chi connectivity index (χ3v) is 3.46. The smallest absolute Gasteiger partial charge is 0.411 e. The maximum absolute atomic E-state index is 11.3. The number of rotatable bonds is 2. The maximum atomic E-state index is 11.3. The molecular weight excluding hydrogens is 270 g/mol. The van der Waals surface area contributed by atoms with E-state index in [2.05, 4.69) is 26.4 Å². The van der Waals surface area contributed by atoms with E-state index in [1.54, 1.807) is 12.4 Å². The van der Waals surface area contributed by atoms with Crippen LogP contribution in [0.4, 0.5) is 10.5 Å². The predicted octanol–water partition coefficient (Wildman–Crippen LogP) is 2.03. The van der Waals surface area contributed by atoms with E-state index in [0.29, 0.717) is 12.3 Å². The standard InChI is InChI=1S/C15H17N3O3/c1-20-15(19)18-11-2-3-14-13(7-11)10(4-5-21-14)6-12-8-16-9-17-12/h2-3,6-7,9,12H,4-5,8H2,1H3,(H,16,17)(H,18,19)/b10-6+. The molecule has 3 rings (SSSR count). The number of carbonyl (C=O) groups excluding carboxylic acids is 1.